The number of amides is 1. The molecule has 1 amide bonds. The van der Waals surface area contributed by atoms with Gasteiger partial charge in [0.2, 0.25) is 0 Å². The molecule has 0 bridgehead atoms. The van der Waals surface area contributed by atoms with Crippen molar-refractivity contribution in [1.82, 2.24) is 4.90 Å². The van der Waals surface area contributed by atoms with Gasteiger partial charge in [0, 0.05) is 12.1 Å². The molecule has 1 fully saturated rings. The van der Waals surface area contributed by atoms with Gasteiger partial charge in [0.1, 0.15) is 11.8 Å². The molecule has 130 valence electrons. The molecule has 1 N–H and O–H groups in total. The highest BCUT2D eigenvalue weighted by atomic mass is 16.5. The lowest BCUT2D eigenvalue weighted by atomic mass is 10.0. The van der Waals surface area contributed by atoms with Crippen molar-refractivity contribution in [3.63, 3.8) is 0 Å². The van der Waals surface area contributed by atoms with Crippen LogP contribution < -0.4 is 4.74 Å². The van der Waals surface area contributed by atoms with Crippen LogP contribution in [0, 0.1) is 0 Å². The molecule has 0 spiro atoms. The number of carbonyl (C=O) groups excluding carboxylic acids is 1. The van der Waals surface area contributed by atoms with Crippen LogP contribution in [0.3, 0.4) is 0 Å². The van der Waals surface area contributed by atoms with Gasteiger partial charge in [-0.25, -0.2) is 4.79 Å². The van der Waals surface area contributed by atoms with Crippen molar-refractivity contribution in [3.8, 4) is 16.9 Å². The molecule has 0 radical (unpaired) electrons. The fourth-order valence-electron chi connectivity index (χ4n) is 3.16. The molecular formula is C20H21NO4. The molecule has 1 aliphatic heterocycles. The van der Waals surface area contributed by atoms with Crippen LogP contribution in [0.25, 0.3) is 11.1 Å². The fraction of sp³-hybridized carbons (Fsp3) is 0.300. The first-order valence-corrected chi connectivity index (χ1v) is 8.46. The third kappa shape index (κ3) is 3.99. The van der Waals surface area contributed by atoms with E-state index in [9.17, 15) is 14.7 Å². The zero-order valence-corrected chi connectivity index (χ0v) is 13.9. The number of ether oxygens (including phenoxy) is 1. The quantitative estimate of drug-likeness (QED) is 0.908. The number of hydrogen-bond acceptors (Lipinski definition) is 3. The summed E-state index contributed by atoms with van der Waals surface area (Å²) in [5.74, 6) is -0.612. The number of rotatable bonds is 5. The van der Waals surface area contributed by atoms with Gasteiger partial charge in [-0.05, 0) is 30.9 Å². The first-order valence-electron chi connectivity index (χ1n) is 8.46. The molecule has 2 aromatic rings. The van der Waals surface area contributed by atoms with Gasteiger partial charge in [0.05, 0.1) is 0 Å². The molecule has 1 aliphatic rings. The fourth-order valence-corrected chi connectivity index (χ4v) is 3.16. The average Bonchev–Trinajstić information content (AvgIpc) is 2.67. The van der Waals surface area contributed by atoms with E-state index in [1.54, 1.807) is 0 Å². The monoisotopic (exact) mass is 339 g/mol. The Morgan fingerprint density at radius 3 is 2.52 bits per heavy atom. The Balaban J connectivity index is 1.71. The second kappa shape index (κ2) is 7.83. The normalized spacial score (nSPS) is 17.1. The Morgan fingerprint density at radius 2 is 1.76 bits per heavy atom. The lowest BCUT2D eigenvalue weighted by Gasteiger charge is -2.32. The summed E-state index contributed by atoms with van der Waals surface area (Å²) in [4.78, 5) is 25.2. The van der Waals surface area contributed by atoms with E-state index in [4.69, 9.17) is 4.74 Å². The molecule has 2 aromatic carbocycles. The van der Waals surface area contributed by atoms with Crippen LogP contribution in [0.15, 0.2) is 54.6 Å². The maximum atomic E-state index is 12.5. The van der Waals surface area contributed by atoms with Gasteiger partial charge in [-0.1, -0.05) is 48.5 Å². The van der Waals surface area contributed by atoms with Crippen LogP contribution in [-0.2, 0) is 9.59 Å². The number of nitrogens with zero attached hydrogens (tertiary/aromatic N) is 1. The number of carboxylic acids is 1. The highest BCUT2D eigenvalue weighted by Gasteiger charge is 2.32. The lowest BCUT2D eigenvalue weighted by molar-refractivity contribution is -0.152. The Morgan fingerprint density at radius 1 is 1.04 bits per heavy atom. The predicted octanol–water partition coefficient (Wildman–Crippen LogP) is 3.20. The highest BCUT2D eigenvalue weighted by Crippen LogP contribution is 2.29. The van der Waals surface area contributed by atoms with Crippen LogP contribution in [0.4, 0.5) is 0 Å². The third-order valence-electron chi connectivity index (χ3n) is 4.43. The molecule has 1 atom stereocenters. The third-order valence-corrected chi connectivity index (χ3v) is 4.43. The average molecular weight is 339 g/mol. The molecule has 5 heteroatoms. The van der Waals surface area contributed by atoms with Crippen LogP contribution >= 0.6 is 0 Å². The van der Waals surface area contributed by atoms with E-state index < -0.39 is 12.0 Å². The Bertz CT molecular complexity index is 744. The number of piperidine rings is 1. The van der Waals surface area contributed by atoms with Gasteiger partial charge in [0.25, 0.3) is 5.91 Å². The number of carboxylic acid groups (broad SMARTS) is 1. The zero-order valence-electron chi connectivity index (χ0n) is 13.9. The number of para-hydroxylation sites is 1. The van der Waals surface area contributed by atoms with Gasteiger partial charge in [-0.3, -0.25) is 4.79 Å². The lowest BCUT2D eigenvalue weighted by Crippen LogP contribution is -2.49. The zero-order chi connectivity index (χ0) is 17.6. The molecule has 0 aromatic heterocycles. The molecule has 3 rings (SSSR count). The van der Waals surface area contributed by atoms with E-state index in [-0.39, 0.29) is 12.5 Å². The Hall–Kier alpha value is -2.82. The van der Waals surface area contributed by atoms with Gasteiger partial charge in [-0.2, -0.15) is 0 Å². The minimum Gasteiger partial charge on any atom is -0.483 e. The van der Waals surface area contributed by atoms with Crippen molar-refractivity contribution in [2.45, 2.75) is 25.3 Å². The molecule has 0 saturated carbocycles. The van der Waals surface area contributed by atoms with Gasteiger partial charge in [0.15, 0.2) is 6.61 Å². The van der Waals surface area contributed by atoms with Gasteiger partial charge >= 0.3 is 5.97 Å². The molecule has 0 unspecified atom stereocenters. The SMILES string of the molecule is O=C(O)[C@H]1CCCCN1C(=O)COc1ccccc1-c1ccccc1. The number of aliphatic carboxylic acids is 1. The Labute approximate surface area is 146 Å². The van der Waals surface area contributed by atoms with E-state index in [1.807, 2.05) is 54.6 Å². The highest BCUT2D eigenvalue weighted by molar-refractivity contribution is 5.85. The summed E-state index contributed by atoms with van der Waals surface area (Å²) in [7, 11) is 0. The first-order chi connectivity index (χ1) is 12.2. The number of carbonyl (C=O) groups is 2. The van der Waals surface area contributed by atoms with Crippen molar-refractivity contribution in [2.24, 2.45) is 0 Å². The number of hydrogen-bond donors (Lipinski definition) is 1. The maximum Gasteiger partial charge on any atom is 0.326 e. The molecule has 25 heavy (non-hydrogen) atoms. The van der Waals surface area contributed by atoms with Gasteiger partial charge < -0.3 is 14.7 Å². The Kier molecular flexibility index (Phi) is 5.33. The van der Waals surface area contributed by atoms with Crippen LogP contribution in [0.2, 0.25) is 0 Å². The number of benzene rings is 2. The predicted molar refractivity (Wildman–Crippen MR) is 94.4 cm³/mol. The topological polar surface area (TPSA) is 66.8 Å². The van der Waals surface area contributed by atoms with Crippen molar-refractivity contribution < 1.29 is 19.4 Å². The minimum atomic E-state index is -0.947. The second-order valence-corrected chi connectivity index (χ2v) is 6.09. The van der Waals surface area contributed by atoms with Crippen LogP contribution in [-0.4, -0.2) is 41.1 Å². The van der Waals surface area contributed by atoms with E-state index in [2.05, 4.69) is 0 Å². The van der Waals surface area contributed by atoms with Crippen molar-refractivity contribution in [3.05, 3.63) is 54.6 Å². The maximum absolute atomic E-state index is 12.5. The summed E-state index contributed by atoms with van der Waals surface area (Å²) < 4.78 is 5.75. The van der Waals surface area contributed by atoms with Crippen molar-refractivity contribution in [2.75, 3.05) is 13.2 Å². The largest absolute Gasteiger partial charge is 0.483 e. The molecule has 1 heterocycles. The van der Waals surface area contributed by atoms with E-state index in [1.165, 1.54) is 4.90 Å². The summed E-state index contributed by atoms with van der Waals surface area (Å²) >= 11 is 0. The van der Waals surface area contributed by atoms with Gasteiger partial charge in [-0.15, -0.1) is 0 Å². The number of likely N-dealkylation sites (tertiary alicyclic amines) is 1. The van der Waals surface area contributed by atoms with Crippen LogP contribution in [0.5, 0.6) is 5.75 Å². The van der Waals surface area contributed by atoms with Crippen LogP contribution in [0.1, 0.15) is 19.3 Å². The summed E-state index contributed by atoms with van der Waals surface area (Å²) in [5.41, 5.74) is 1.91. The molecule has 5 nitrogen and oxygen atoms in total. The standard InChI is InChI=1S/C20H21NO4/c22-19(21-13-7-6-11-17(21)20(23)24)14-25-18-12-5-4-10-16(18)15-8-2-1-3-9-15/h1-5,8-10,12,17H,6-7,11,13-14H2,(H,23,24)/t17-/m1/s1. The first kappa shape index (κ1) is 17.0. The van der Waals surface area contributed by atoms with E-state index in [0.717, 1.165) is 24.0 Å². The minimum absolute atomic E-state index is 0.159. The molecule has 0 aliphatic carbocycles. The van der Waals surface area contributed by atoms with E-state index in [0.29, 0.717) is 18.7 Å². The molecule has 1 saturated heterocycles. The summed E-state index contributed by atoms with van der Waals surface area (Å²) in [5, 5.41) is 9.30. The smallest absolute Gasteiger partial charge is 0.326 e. The van der Waals surface area contributed by atoms with Crippen molar-refractivity contribution in [1.29, 1.82) is 0 Å². The second-order valence-electron chi connectivity index (χ2n) is 6.09. The summed E-state index contributed by atoms with van der Waals surface area (Å²) in [6.07, 6.45) is 2.16. The summed E-state index contributed by atoms with van der Waals surface area (Å²) in [6, 6.07) is 16.6. The summed E-state index contributed by atoms with van der Waals surface area (Å²) in [6.45, 7) is 0.313. The van der Waals surface area contributed by atoms with Crippen molar-refractivity contribution >= 4 is 11.9 Å². The van der Waals surface area contributed by atoms with E-state index >= 15 is 0 Å². The molecular weight excluding hydrogens is 318 g/mol.